The van der Waals surface area contributed by atoms with Crippen LogP contribution in [0.25, 0.3) is 10.2 Å². The van der Waals surface area contributed by atoms with Gasteiger partial charge in [0.1, 0.15) is 0 Å². The van der Waals surface area contributed by atoms with Crippen molar-refractivity contribution in [1.82, 2.24) is 10.3 Å². The number of benzene rings is 1. The molecule has 132 valence electrons. The van der Waals surface area contributed by atoms with E-state index in [1.54, 1.807) is 11.3 Å². The van der Waals surface area contributed by atoms with Crippen LogP contribution < -0.4 is 5.32 Å². The molecule has 4 aliphatic rings. The summed E-state index contributed by atoms with van der Waals surface area (Å²) in [6.07, 6.45) is 10.4. The van der Waals surface area contributed by atoms with Crippen molar-refractivity contribution in [3.8, 4) is 0 Å². The quantitative estimate of drug-likeness (QED) is 0.845. The summed E-state index contributed by atoms with van der Waals surface area (Å²) in [6.45, 7) is 0. The van der Waals surface area contributed by atoms with Crippen LogP contribution in [0.5, 0.6) is 0 Å². The summed E-state index contributed by atoms with van der Waals surface area (Å²) in [5, 5.41) is 4.64. The summed E-state index contributed by atoms with van der Waals surface area (Å²) >= 11 is 1.76. The lowest BCUT2D eigenvalue weighted by molar-refractivity contribution is -0.126. The molecule has 2 aromatic rings. The highest BCUT2D eigenvalue weighted by atomic mass is 32.1. The summed E-state index contributed by atoms with van der Waals surface area (Å²) in [6, 6.07) is 8.28. The molecule has 0 unspecified atom stereocenters. The number of nitrogens with zero attached hydrogens (tertiary/aromatic N) is 1. The van der Waals surface area contributed by atoms with E-state index in [4.69, 9.17) is 0 Å². The van der Waals surface area contributed by atoms with Crippen LogP contribution in [0.2, 0.25) is 0 Å². The Morgan fingerprint density at radius 1 is 1.12 bits per heavy atom. The maximum atomic E-state index is 12.6. The molecule has 4 aliphatic carbocycles. The fourth-order valence-corrected chi connectivity index (χ4v) is 7.06. The molecule has 3 nitrogen and oxygen atoms in total. The molecule has 4 heteroatoms. The van der Waals surface area contributed by atoms with Crippen LogP contribution in [0, 0.1) is 17.8 Å². The molecule has 0 spiro atoms. The number of hydrogen-bond donors (Lipinski definition) is 1. The molecule has 6 rings (SSSR count). The zero-order valence-electron chi connectivity index (χ0n) is 14.7. The van der Waals surface area contributed by atoms with E-state index in [1.165, 1.54) is 43.2 Å². The monoisotopic (exact) mass is 354 g/mol. The average Bonchev–Trinajstić information content (AvgIpc) is 2.95. The zero-order chi connectivity index (χ0) is 16.9. The van der Waals surface area contributed by atoms with Crippen molar-refractivity contribution in [3.63, 3.8) is 0 Å². The molecule has 0 aliphatic heterocycles. The third kappa shape index (κ3) is 3.10. The van der Waals surface area contributed by atoms with Gasteiger partial charge in [0.2, 0.25) is 5.91 Å². The van der Waals surface area contributed by atoms with Gasteiger partial charge in [0.15, 0.2) is 0 Å². The fourth-order valence-electron chi connectivity index (χ4n) is 6.05. The summed E-state index contributed by atoms with van der Waals surface area (Å²) in [5.74, 6) is 2.92. The van der Waals surface area contributed by atoms with Crippen LogP contribution >= 0.6 is 11.3 Å². The average molecular weight is 355 g/mol. The number of amides is 1. The van der Waals surface area contributed by atoms with Gasteiger partial charge in [-0.25, -0.2) is 4.98 Å². The van der Waals surface area contributed by atoms with Gasteiger partial charge in [-0.05, 0) is 81.3 Å². The molecule has 0 atom stereocenters. The number of carbonyl (C=O) groups excluding carboxylic acids is 1. The van der Waals surface area contributed by atoms with Gasteiger partial charge in [-0.2, -0.15) is 0 Å². The van der Waals surface area contributed by atoms with E-state index in [1.807, 2.05) is 6.07 Å². The molecule has 4 saturated carbocycles. The van der Waals surface area contributed by atoms with Crippen molar-refractivity contribution in [2.24, 2.45) is 17.8 Å². The summed E-state index contributed by atoms with van der Waals surface area (Å²) in [7, 11) is 0. The Bertz CT molecular complexity index is 728. The summed E-state index contributed by atoms with van der Waals surface area (Å²) < 4.78 is 1.25. The molecule has 1 amide bonds. The number of para-hydroxylation sites is 1. The molecule has 4 bridgehead atoms. The van der Waals surface area contributed by atoms with Gasteiger partial charge in [0.05, 0.1) is 15.2 Å². The molecule has 1 aromatic heterocycles. The maximum Gasteiger partial charge on any atom is 0.220 e. The van der Waals surface area contributed by atoms with Gasteiger partial charge in [-0.1, -0.05) is 12.1 Å². The van der Waals surface area contributed by atoms with Gasteiger partial charge in [0, 0.05) is 12.0 Å². The lowest BCUT2D eigenvalue weighted by atomic mass is 9.53. The van der Waals surface area contributed by atoms with Crippen LogP contribution in [0.3, 0.4) is 0 Å². The van der Waals surface area contributed by atoms with Crippen molar-refractivity contribution in [1.29, 1.82) is 0 Å². The molecule has 1 heterocycles. The van der Waals surface area contributed by atoms with Crippen LogP contribution in [-0.2, 0) is 11.2 Å². The smallest absolute Gasteiger partial charge is 0.220 e. The van der Waals surface area contributed by atoms with Gasteiger partial charge >= 0.3 is 0 Å². The minimum Gasteiger partial charge on any atom is -0.351 e. The Labute approximate surface area is 153 Å². The topological polar surface area (TPSA) is 42.0 Å². The lowest BCUT2D eigenvalue weighted by Gasteiger charge is -2.56. The van der Waals surface area contributed by atoms with Gasteiger partial charge in [-0.3, -0.25) is 4.79 Å². The maximum absolute atomic E-state index is 12.6. The zero-order valence-corrected chi connectivity index (χ0v) is 15.5. The van der Waals surface area contributed by atoms with E-state index in [0.29, 0.717) is 6.42 Å². The lowest BCUT2D eigenvalue weighted by Crippen LogP contribution is -2.59. The minimum absolute atomic E-state index is 0.154. The summed E-state index contributed by atoms with van der Waals surface area (Å²) in [4.78, 5) is 17.2. The van der Waals surface area contributed by atoms with Gasteiger partial charge in [-0.15, -0.1) is 11.3 Å². The van der Waals surface area contributed by atoms with Crippen LogP contribution in [0.4, 0.5) is 0 Å². The number of thiazole rings is 1. The van der Waals surface area contributed by atoms with Crippen LogP contribution in [0.1, 0.15) is 56.4 Å². The number of nitrogens with one attached hydrogen (secondary N) is 1. The SMILES string of the molecule is O=C(CCCc1nc2ccccc2s1)NC12CC3CC(CC(C3)C1)C2. The number of fused-ring (bicyclic) bond motifs is 1. The molecule has 1 aromatic carbocycles. The molecule has 0 saturated heterocycles. The van der Waals surface area contributed by atoms with Crippen molar-refractivity contribution < 1.29 is 4.79 Å². The van der Waals surface area contributed by atoms with Crippen molar-refractivity contribution in [2.45, 2.75) is 63.3 Å². The third-order valence-corrected chi connectivity index (χ3v) is 7.67. The standard InChI is InChI=1S/C21H26N2OS/c24-19(6-3-7-20-22-17-4-1-2-5-18(17)25-20)23-21-11-14-8-15(12-21)10-16(9-14)13-21/h1-2,4-5,14-16H,3,6-13H2,(H,23,24). The Morgan fingerprint density at radius 3 is 2.48 bits per heavy atom. The van der Waals surface area contributed by atoms with Gasteiger partial charge in [0.25, 0.3) is 0 Å². The van der Waals surface area contributed by atoms with E-state index in [0.717, 1.165) is 41.1 Å². The van der Waals surface area contributed by atoms with Crippen molar-refractivity contribution in [3.05, 3.63) is 29.3 Å². The number of aryl methyl sites for hydroxylation is 1. The third-order valence-electron chi connectivity index (χ3n) is 6.58. The minimum atomic E-state index is 0.154. The highest BCUT2D eigenvalue weighted by Gasteiger charge is 2.51. The number of hydrogen-bond acceptors (Lipinski definition) is 3. The number of aromatic nitrogens is 1. The summed E-state index contributed by atoms with van der Waals surface area (Å²) in [5.41, 5.74) is 1.24. The molecule has 25 heavy (non-hydrogen) atoms. The predicted octanol–water partition coefficient (Wildman–Crippen LogP) is 4.70. The van der Waals surface area contributed by atoms with E-state index in [9.17, 15) is 4.79 Å². The van der Waals surface area contributed by atoms with Crippen molar-refractivity contribution in [2.75, 3.05) is 0 Å². The molecule has 1 N–H and O–H groups in total. The first-order valence-corrected chi connectivity index (χ1v) is 10.6. The molecular formula is C21H26N2OS. The number of rotatable bonds is 5. The van der Waals surface area contributed by atoms with E-state index >= 15 is 0 Å². The second-order valence-electron chi connectivity index (χ2n) is 8.67. The van der Waals surface area contributed by atoms with Crippen LogP contribution in [0.15, 0.2) is 24.3 Å². The van der Waals surface area contributed by atoms with E-state index in [2.05, 4.69) is 28.5 Å². The molecular weight excluding hydrogens is 328 g/mol. The Morgan fingerprint density at radius 2 is 1.80 bits per heavy atom. The highest BCUT2D eigenvalue weighted by molar-refractivity contribution is 7.18. The molecule has 4 fully saturated rings. The first-order valence-electron chi connectivity index (χ1n) is 9.83. The Balaban J connectivity index is 1.16. The first-order chi connectivity index (χ1) is 12.2. The Kier molecular flexibility index (Phi) is 3.85. The molecule has 0 radical (unpaired) electrons. The first kappa shape index (κ1) is 15.8. The highest BCUT2D eigenvalue weighted by Crippen LogP contribution is 2.55. The second-order valence-corrected chi connectivity index (χ2v) is 9.79. The number of carbonyl (C=O) groups is 1. The normalized spacial score (nSPS) is 33.0. The largest absolute Gasteiger partial charge is 0.351 e. The predicted molar refractivity (Wildman–Crippen MR) is 102 cm³/mol. The van der Waals surface area contributed by atoms with E-state index < -0.39 is 0 Å². The van der Waals surface area contributed by atoms with Crippen molar-refractivity contribution >= 4 is 27.5 Å². The van der Waals surface area contributed by atoms with E-state index in [-0.39, 0.29) is 11.4 Å². The Hall–Kier alpha value is -1.42. The second kappa shape index (κ2) is 6.08. The fraction of sp³-hybridized carbons (Fsp3) is 0.619. The van der Waals surface area contributed by atoms with Gasteiger partial charge < -0.3 is 5.32 Å². The van der Waals surface area contributed by atoms with Crippen LogP contribution in [-0.4, -0.2) is 16.4 Å².